The summed E-state index contributed by atoms with van der Waals surface area (Å²) in [5.74, 6) is 0.836. The van der Waals surface area contributed by atoms with Crippen molar-refractivity contribution >= 4 is 21.4 Å². The summed E-state index contributed by atoms with van der Waals surface area (Å²) in [7, 11) is 1.69. The van der Waals surface area contributed by atoms with Crippen molar-refractivity contribution in [2.45, 2.75) is 38.2 Å². The van der Waals surface area contributed by atoms with Crippen LogP contribution in [0.2, 0.25) is 0 Å². The van der Waals surface area contributed by atoms with E-state index in [0.29, 0.717) is 0 Å². The SMILES string of the molecule is COc1ccc2c(C(O)c3ccc(CCCN4CCCCC4)cc3)c(-c3ccccc3)sc2c1. The van der Waals surface area contributed by atoms with Crippen LogP contribution < -0.4 is 4.74 Å². The average molecular weight is 472 g/mol. The maximum atomic E-state index is 11.6. The summed E-state index contributed by atoms with van der Waals surface area (Å²) in [6.45, 7) is 3.71. The Kier molecular flexibility index (Phi) is 7.29. The van der Waals surface area contributed by atoms with Crippen molar-refractivity contribution in [1.82, 2.24) is 4.90 Å². The molecule has 1 aliphatic rings. The third kappa shape index (κ3) is 5.05. The first-order valence-electron chi connectivity index (χ1n) is 12.4. The molecule has 0 amide bonds. The number of hydrogen-bond acceptors (Lipinski definition) is 4. The van der Waals surface area contributed by atoms with Gasteiger partial charge in [-0.1, -0.05) is 61.0 Å². The number of aliphatic hydroxyl groups is 1. The smallest absolute Gasteiger partial charge is 0.120 e. The van der Waals surface area contributed by atoms with Crippen LogP contribution in [0.15, 0.2) is 72.8 Å². The molecule has 1 fully saturated rings. The van der Waals surface area contributed by atoms with Crippen LogP contribution >= 0.6 is 11.3 Å². The fraction of sp³-hybridized carbons (Fsp3) is 0.333. The Morgan fingerprint density at radius 3 is 2.44 bits per heavy atom. The highest BCUT2D eigenvalue weighted by molar-refractivity contribution is 7.22. The van der Waals surface area contributed by atoms with Gasteiger partial charge in [0.25, 0.3) is 0 Å². The molecule has 0 saturated carbocycles. The second kappa shape index (κ2) is 10.7. The quantitative estimate of drug-likeness (QED) is 0.298. The molecule has 4 heteroatoms. The molecule has 1 N–H and O–H groups in total. The third-order valence-corrected chi connectivity index (χ3v) is 8.15. The summed E-state index contributed by atoms with van der Waals surface area (Å²) < 4.78 is 6.57. The van der Waals surface area contributed by atoms with Gasteiger partial charge in [-0.3, -0.25) is 0 Å². The van der Waals surface area contributed by atoms with Gasteiger partial charge in [0, 0.05) is 15.1 Å². The molecular formula is C30H33NO2S. The summed E-state index contributed by atoms with van der Waals surface area (Å²) in [5, 5.41) is 12.6. The van der Waals surface area contributed by atoms with Gasteiger partial charge in [0.15, 0.2) is 0 Å². The van der Waals surface area contributed by atoms with Gasteiger partial charge in [0.2, 0.25) is 0 Å². The molecule has 0 radical (unpaired) electrons. The van der Waals surface area contributed by atoms with E-state index in [9.17, 15) is 5.11 Å². The minimum atomic E-state index is -0.681. The fourth-order valence-corrected chi connectivity index (χ4v) is 6.29. The first-order chi connectivity index (χ1) is 16.7. The van der Waals surface area contributed by atoms with Crippen molar-refractivity contribution in [1.29, 1.82) is 0 Å². The molecule has 1 atom stereocenters. The lowest BCUT2D eigenvalue weighted by atomic mass is 9.95. The lowest BCUT2D eigenvalue weighted by Crippen LogP contribution is -2.30. The number of ether oxygens (including phenoxy) is 1. The van der Waals surface area contributed by atoms with Crippen LogP contribution in [0, 0.1) is 0 Å². The zero-order chi connectivity index (χ0) is 23.3. The highest BCUT2D eigenvalue weighted by atomic mass is 32.1. The van der Waals surface area contributed by atoms with Gasteiger partial charge < -0.3 is 14.7 Å². The third-order valence-electron chi connectivity index (χ3n) is 6.93. The van der Waals surface area contributed by atoms with E-state index >= 15 is 0 Å². The molecule has 176 valence electrons. The Morgan fingerprint density at radius 2 is 1.71 bits per heavy atom. The molecule has 1 unspecified atom stereocenters. The monoisotopic (exact) mass is 471 g/mol. The summed E-state index contributed by atoms with van der Waals surface area (Å²) in [4.78, 5) is 3.71. The summed E-state index contributed by atoms with van der Waals surface area (Å²) in [6.07, 6.45) is 5.68. The largest absolute Gasteiger partial charge is 0.497 e. The van der Waals surface area contributed by atoms with Crippen LogP contribution in [0.5, 0.6) is 5.75 Å². The first-order valence-corrected chi connectivity index (χ1v) is 13.2. The Morgan fingerprint density at radius 1 is 0.941 bits per heavy atom. The van der Waals surface area contributed by atoms with E-state index in [1.807, 2.05) is 12.1 Å². The minimum Gasteiger partial charge on any atom is -0.497 e. The van der Waals surface area contributed by atoms with Gasteiger partial charge in [0.05, 0.1) is 7.11 Å². The number of rotatable bonds is 8. The zero-order valence-corrected chi connectivity index (χ0v) is 20.7. The van der Waals surface area contributed by atoms with Gasteiger partial charge in [-0.2, -0.15) is 0 Å². The number of thiophene rings is 1. The molecule has 1 aromatic heterocycles. The second-order valence-corrected chi connectivity index (χ2v) is 10.3. The van der Waals surface area contributed by atoms with E-state index in [4.69, 9.17) is 4.74 Å². The van der Waals surface area contributed by atoms with Crippen LogP contribution in [0.25, 0.3) is 20.5 Å². The van der Waals surface area contributed by atoms with Gasteiger partial charge in [-0.05, 0) is 85.6 Å². The number of benzene rings is 3. The van der Waals surface area contributed by atoms with Crippen molar-refractivity contribution < 1.29 is 9.84 Å². The van der Waals surface area contributed by atoms with Crippen LogP contribution in [-0.2, 0) is 6.42 Å². The fourth-order valence-electron chi connectivity index (χ4n) is 5.02. The molecule has 3 aromatic carbocycles. The van der Waals surface area contributed by atoms with Crippen molar-refractivity contribution in [2.75, 3.05) is 26.7 Å². The van der Waals surface area contributed by atoms with Crippen LogP contribution in [0.1, 0.15) is 48.5 Å². The normalized spacial score (nSPS) is 15.5. The van der Waals surface area contributed by atoms with Crippen molar-refractivity contribution in [3.8, 4) is 16.2 Å². The van der Waals surface area contributed by atoms with Gasteiger partial charge in [-0.15, -0.1) is 11.3 Å². The van der Waals surface area contributed by atoms with E-state index in [-0.39, 0.29) is 0 Å². The first kappa shape index (κ1) is 23.1. The molecule has 1 saturated heterocycles. The second-order valence-electron chi connectivity index (χ2n) is 9.22. The van der Waals surface area contributed by atoms with Crippen molar-refractivity contribution in [3.63, 3.8) is 0 Å². The number of hydrogen-bond donors (Lipinski definition) is 1. The van der Waals surface area contributed by atoms with Crippen molar-refractivity contribution in [3.05, 3.63) is 89.5 Å². The van der Waals surface area contributed by atoms with E-state index in [1.54, 1.807) is 18.4 Å². The standard InChI is InChI=1S/C30H33NO2S/c1-33-25-16-17-26-27(21-25)34-30(24-10-4-2-5-11-24)28(26)29(32)23-14-12-22(13-15-23)9-8-20-31-18-6-3-7-19-31/h2,4-5,10-17,21,29,32H,3,6-9,18-20H2,1H3. The van der Waals surface area contributed by atoms with Gasteiger partial charge >= 0.3 is 0 Å². The van der Waals surface area contributed by atoms with Crippen LogP contribution in [-0.4, -0.2) is 36.8 Å². The van der Waals surface area contributed by atoms with E-state index in [1.165, 1.54) is 50.9 Å². The predicted octanol–water partition coefficient (Wildman–Crippen LogP) is 7.08. The van der Waals surface area contributed by atoms with Gasteiger partial charge in [0.1, 0.15) is 11.9 Å². The molecule has 3 nitrogen and oxygen atoms in total. The number of piperidine rings is 1. The molecule has 0 spiro atoms. The average Bonchev–Trinajstić information content (AvgIpc) is 3.28. The number of aliphatic hydroxyl groups excluding tert-OH is 1. The number of likely N-dealkylation sites (tertiary alicyclic amines) is 1. The summed E-state index contributed by atoms with van der Waals surface area (Å²) in [5.41, 5.74) is 4.39. The van der Waals surface area contributed by atoms with E-state index in [0.717, 1.165) is 43.8 Å². The molecule has 1 aliphatic heterocycles. The Balaban J connectivity index is 1.38. The maximum Gasteiger partial charge on any atom is 0.120 e. The lowest BCUT2D eigenvalue weighted by Gasteiger charge is -2.26. The zero-order valence-electron chi connectivity index (χ0n) is 19.9. The number of aryl methyl sites for hydroxylation is 1. The Bertz CT molecular complexity index is 1210. The molecule has 4 aromatic rings. The number of nitrogens with zero attached hydrogens (tertiary/aromatic N) is 1. The summed E-state index contributed by atoms with van der Waals surface area (Å²) in [6, 6.07) is 25.1. The molecule has 0 bridgehead atoms. The topological polar surface area (TPSA) is 32.7 Å². The number of fused-ring (bicyclic) bond motifs is 1. The Hall–Kier alpha value is -2.66. The van der Waals surface area contributed by atoms with E-state index < -0.39 is 6.10 Å². The summed E-state index contributed by atoms with van der Waals surface area (Å²) >= 11 is 1.71. The van der Waals surface area contributed by atoms with Gasteiger partial charge in [-0.25, -0.2) is 0 Å². The molecule has 34 heavy (non-hydrogen) atoms. The highest BCUT2D eigenvalue weighted by Gasteiger charge is 2.22. The predicted molar refractivity (Wildman–Crippen MR) is 143 cm³/mol. The van der Waals surface area contributed by atoms with Crippen LogP contribution in [0.4, 0.5) is 0 Å². The van der Waals surface area contributed by atoms with Crippen molar-refractivity contribution in [2.24, 2.45) is 0 Å². The molecule has 5 rings (SSSR count). The lowest BCUT2D eigenvalue weighted by molar-refractivity contribution is 0.222. The van der Waals surface area contributed by atoms with E-state index in [2.05, 4.69) is 65.6 Å². The molecule has 2 heterocycles. The number of methoxy groups -OCH3 is 1. The molecule has 0 aliphatic carbocycles. The molecular weight excluding hydrogens is 438 g/mol. The highest BCUT2D eigenvalue weighted by Crippen LogP contribution is 2.44. The van der Waals surface area contributed by atoms with Crippen LogP contribution in [0.3, 0.4) is 0 Å². The minimum absolute atomic E-state index is 0.681. The maximum absolute atomic E-state index is 11.6. The Labute approximate surface area is 206 Å².